The molecule has 1 heterocycles. The number of fused-ring (bicyclic) bond motifs is 1. The lowest BCUT2D eigenvalue weighted by atomic mass is 10.1. The number of aromatic amines is 1. The lowest BCUT2D eigenvalue weighted by molar-refractivity contribution is 0.694. The molecule has 0 amide bonds. The Morgan fingerprint density at radius 2 is 1.67 bits per heavy atom. The first-order valence-electron chi connectivity index (χ1n) is 6.22. The highest BCUT2D eigenvalue weighted by molar-refractivity contribution is 5.79. The van der Waals surface area contributed by atoms with Gasteiger partial charge in [-0.3, -0.25) is 0 Å². The van der Waals surface area contributed by atoms with Crippen molar-refractivity contribution in [2.24, 2.45) is 0 Å². The maximum Gasteiger partial charge on any atom is 0.0457 e. The van der Waals surface area contributed by atoms with Gasteiger partial charge in [0.25, 0.3) is 0 Å². The van der Waals surface area contributed by atoms with Gasteiger partial charge < -0.3 is 10.3 Å². The van der Waals surface area contributed by atoms with E-state index in [2.05, 4.69) is 58.8 Å². The van der Waals surface area contributed by atoms with E-state index in [4.69, 9.17) is 0 Å². The Balaban J connectivity index is 1.62. The molecule has 90 valence electrons. The van der Waals surface area contributed by atoms with E-state index >= 15 is 0 Å². The monoisotopic (exact) mass is 236 g/mol. The van der Waals surface area contributed by atoms with Gasteiger partial charge >= 0.3 is 0 Å². The third kappa shape index (κ3) is 2.44. The molecular formula is C16H16N2. The summed E-state index contributed by atoms with van der Waals surface area (Å²) < 4.78 is 0. The Morgan fingerprint density at radius 1 is 0.833 bits per heavy atom. The molecule has 2 aromatic carbocycles. The zero-order valence-electron chi connectivity index (χ0n) is 10.2. The van der Waals surface area contributed by atoms with E-state index < -0.39 is 0 Å². The van der Waals surface area contributed by atoms with Crippen LogP contribution in [0.3, 0.4) is 0 Å². The molecule has 0 aliphatic rings. The van der Waals surface area contributed by atoms with Gasteiger partial charge in [-0.25, -0.2) is 0 Å². The van der Waals surface area contributed by atoms with Crippen molar-refractivity contribution in [2.75, 3.05) is 0 Å². The SMILES string of the molecule is c1ccc(CNCc2ccc3cc[nH]c3c2)cc1. The van der Waals surface area contributed by atoms with Crippen molar-refractivity contribution in [2.45, 2.75) is 13.1 Å². The second-order valence-electron chi connectivity index (χ2n) is 4.49. The highest BCUT2D eigenvalue weighted by atomic mass is 14.8. The molecule has 0 saturated carbocycles. The number of H-pyrrole nitrogens is 1. The molecule has 3 aromatic rings. The van der Waals surface area contributed by atoms with Crippen molar-refractivity contribution < 1.29 is 0 Å². The van der Waals surface area contributed by atoms with E-state index in [1.54, 1.807) is 0 Å². The van der Waals surface area contributed by atoms with Gasteiger partial charge in [-0.15, -0.1) is 0 Å². The molecule has 0 aliphatic carbocycles. The number of hydrogen-bond donors (Lipinski definition) is 2. The molecule has 0 radical (unpaired) electrons. The van der Waals surface area contributed by atoms with Crippen molar-refractivity contribution in [3.8, 4) is 0 Å². The summed E-state index contributed by atoms with van der Waals surface area (Å²) in [6.45, 7) is 1.80. The first kappa shape index (κ1) is 11.1. The van der Waals surface area contributed by atoms with Crippen molar-refractivity contribution in [1.82, 2.24) is 10.3 Å². The fourth-order valence-electron chi connectivity index (χ4n) is 2.15. The minimum absolute atomic E-state index is 0.893. The van der Waals surface area contributed by atoms with Gasteiger partial charge in [-0.05, 0) is 28.6 Å². The van der Waals surface area contributed by atoms with Gasteiger partial charge in [-0.1, -0.05) is 42.5 Å². The van der Waals surface area contributed by atoms with Crippen LogP contribution in [0.25, 0.3) is 10.9 Å². The predicted octanol–water partition coefficient (Wildman–Crippen LogP) is 3.46. The van der Waals surface area contributed by atoms with Crippen LogP contribution in [-0.2, 0) is 13.1 Å². The van der Waals surface area contributed by atoms with Gasteiger partial charge in [0.05, 0.1) is 0 Å². The Labute approximate surface area is 107 Å². The topological polar surface area (TPSA) is 27.8 Å². The van der Waals surface area contributed by atoms with Crippen molar-refractivity contribution >= 4 is 10.9 Å². The Hall–Kier alpha value is -2.06. The van der Waals surface area contributed by atoms with Crippen LogP contribution in [-0.4, -0.2) is 4.98 Å². The van der Waals surface area contributed by atoms with Crippen LogP contribution in [0.1, 0.15) is 11.1 Å². The highest BCUT2D eigenvalue weighted by Gasteiger charge is 1.97. The largest absolute Gasteiger partial charge is 0.361 e. The van der Waals surface area contributed by atoms with Crippen LogP contribution in [0, 0.1) is 0 Å². The summed E-state index contributed by atoms with van der Waals surface area (Å²) in [5.41, 5.74) is 3.83. The van der Waals surface area contributed by atoms with Gasteiger partial charge in [0.1, 0.15) is 0 Å². The molecule has 0 fully saturated rings. The van der Waals surface area contributed by atoms with E-state index in [1.165, 1.54) is 22.0 Å². The molecule has 2 heteroatoms. The van der Waals surface area contributed by atoms with E-state index in [-0.39, 0.29) is 0 Å². The third-order valence-corrected chi connectivity index (χ3v) is 3.12. The first-order valence-corrected chi connectivity index (χ1v) is 6.22. The summed E-state index contributed by atoms with van der Waals surface area (Å²) in [7, 11) is 0. The standard InChI is InChI=1S/C16H16N2/c1-2-4-13(5-3-1)11-17-12-14-6-7-15-8-9-18-16(15)10-14/h1-10,17-18H,11-12H2. The number of aromatic nitrogens is 1. The first-order chi connectivity index (χ1) is 8.92. The van der Waals surface area contributed by atoms with E-state index in [0.717, 1.165) is 13.1 Å². The van der Waals surface area contributed by atoms with Crippen LogP contribution in [0.5, 0.6) is 0 Å². The van der Waals surface area contributed by atoms with Gasteiger partial charge in [-0.2, -0.15) is 0 Å². The maximum atomic E-state index is 3.46. The van der Waals surface area contributed by atoms with E-state index in [0.29, 0.717) is 0 Å². The average molecular weight is 236 g/mol. The summed E-state index contributed by atoms with van der Waals surface area (Å²) in [5.74, 6) is 0. The highest BCUT2D eigenvalue weighted by Crippen LogP contribution is 2.14. The Morgan fingerprint density at radius 3 is 2.56 bits per heavy atom. The molecule has 2 nitrogen and oxygen atoms in total. The summed E-state index contributed by atoms with van der Waals surface area (Å²) in [6.07, 6.45) is 1.98. The summed E-state index contributed by atoms with van der Waals surface area (Å²) in [5, 5.41) is 4.73. The zero-order chi connectivity index (χ0) is 12.2. The zero-order valence-corrected chi connectivity index (χ0v) is 10.2. The van der Waals surface area contributed by atoms with Gasteiger partial charge in [0, 0.05) is 24.8 Å². The maximum absolute atomic E-state index is 3.46. The van der Waals surface area contributed by atoms with Crippen LogP contribution in [0.2, 0.25) is 0 Å². The van der Waals surface area contributed by atoms with E-state index in [1.807, 2.05) is 12.3 Å². The van der Waals surface area contributed by atoms with Crippen molar-refractivity contribution in [1.29, 1.82) is 0 Å². The lowest BCUT2D eigenvalue weighted by Gasteiger charge is -2.05. The van der Waals surface area contributed by atoms with Crippen molar-refractivity contribution in [3.63, 3.8) is 0 Å². The number of benzene rings is 2. The third-order valence-electron chi connectivity index (χ3n) is 3.12. The predicted molar refractivity (Wildman–Crippen MR) is 75.3 cm³/mol. The molecule has 0 spiro atoms. The smallest absolute Gasteiger partial charge is 0.0457 e. The molecule has 0 saturated heterocycles. The number of hydrogen-bond acceptors (Lipinski definition) is 1. The molecule has 0 aliphatic heterocycles. The fourth-order valence-corrected chi connectivity index (χ4v) is 2.15. The molecule has 2 N–H and O–H groups in total. The minimum Gasteiger partial charge on any atom is -0.361 e. The molecule has 3 rings (SSSR count). The van der Waals surface area contributed by atoms with Crippen LogP contribution in [0.15, 0.2) is 60.8 Å². The van der Waals surface area contributed by atoms with Crippen molar-refractivity contribution in [3.05, 3.63) is 71.9 Å². The number of nitrogens with one attached hydrogen (secondary N) is 2. The Kier molecular flexibility index (Phi) is 3.11. The van der Waals surface area contributed by atoms with Gasteiger partial charge in [0.15, 0.2) is 0 Å². The Bertz CT molecular complexity index is 626. The summed E-state index contributed by atoms with van der Waals surface area (Å²) in [4.78, 5) is 3.24. The lowest BCUT2D eigenvalue weighted by Crippen LogP contribution is -2.12. The molecule has 1 aromatic heterocycles. The molecular weight excluding hydrogens is 220 g/mol. The summed E-state index contributed by atoms with van der Waals surface area (Å²) >= 11 is 0. The van der Waals surface area contributed by atoms with E-state index in [9.17, 15) is 0 Å². The second-order valence-corrected chi connectivity index (χ2v) is 4.49. The molecule has 0 unspecified atom stereocenters. The minimum atomic E-state index is 0.893. The number of rotatable bonds is 4. The van der Waals surface area contributed by atoms with Crippen LogP contribution in [0.4, 0.5) is 0 Å². The quantitative estimate of drug-likeness (QED) is 0.713. The normalized spacial score (nSPS) is 10.9. The molecule has 0 bridgehead atoms. The average Bonchev–Trinajstić information content (AvgIpc) is 2.87. The molecule has 0 atom stereocenters. The van der Waals surface area contributed by atoms with Gasteiger partial charge in [0.2, 0.25) is 0 Å². The van der Waals surface area contributed by atoms with Crippen LogP contribution < -0.4 is 5.32 Å². The molecule has 18 heavy (non-hydrogen) atoms. The summed E-state index contributed by atoms with van der Waals surface area (Å²) in [6, 6.07) is 19.1. The second kappa shape index (κ2) is 5.07. The fraction of sp³-hybridized carbons (Fsp3) is 0.125. The van der Waals surface area contributed by atoms with Crippen LogP contribution >= 0.6 is 0 Å².